The molecule has 0 saturated carbocycles. The molecule has 0 aliphatic rings. The van der Waals surface area contributed by atoms with Crippen LogP contribution in [0.25, 0.3) is 0 Å². The van der Waals surface area contributed by atoms with Gasteiger partial charge < -0.3 is 10.5 Å². The topological polar surface area (TPSA) is 61.0 Å². The number of ether oxygens (including phenoxy) is 1. The van der Waals surface area contributed by atoms with Crippen molar-refractivity contribution in [3.8, 4) is 5.75 Å². The molecule has 0 spiro atoms. The number of aromatic nitrogens is 2. The predicted octanol–water partition coefficient (Wildman–Crippen LogP) is 2.66. The summed E-state index contributed by atoms with van der Waals surface area (Å²) < 4.78 is 5.53. The molecule has 16 heavy (non-hydrogen) atoms. The first kappa shape index (κ1) is 11.2. The van der Waals surface area contributed by atoms with E-state index in [0.717, 1.165) is 21.3 Å². The molecule has 0 aliphatic carbocycles. The van der Waals surface area contributed by atoms with Crippen molar-refractivity contribution in [1.29, 1.82) is 0 Å². The standard InChI is InChI=1S/C10H10ClN3OS/c1-6-4-7(2-3-8(6)11)15-5-9-13-14-10(12)16-9/h2-4H,5H2,1H3,(H2,12,14). The fourth-order valence-corrected chi connectivity index (χ4v) is 1.82. The van der Waals surface area contributed by atoms with Crippen molar-refractivity contribution < 1.29 is 4.74 Å². The number of halogens is 1. The number of hydrogen-bond acceptors (Lipinski definition) is 5. The number of nitrogens with zero attached hydrogens (tertiary/aromatic N) is 2. The van der Waals surface area contributed by atoms with Gasteiger partial charge in [0.1, 0.15) is 12.4 Å². The molecule has 2 N–H and O–H groups in total. The maximum absolute atomic E-state index is 5.91. The van der Waals surface area contributed by atoms with Crippen LogP contribution in [-0.4, -0.2) is 10.2 Å². The second kappa shape index (κ2) is 4.67. The average molecular weight is 256 g/mol. The van der Waals surface area contributed by atoms with Gasteiger partial charge in [0.2, 0.25) is 5.13 Å². The predicted molar refractivity (Wildman–Crippen MR) is 64.8 cm³/mol. The van der Waals surface area contributed by atoms with Crippen LogP contribution in [-0.2, 0) is 6.61 Å². The van der Waals surface area contributed by atoms with Crippen LogP contribution in [0.3, 0.4) is 0 Å². The molecule has 0 amide bonds. The van der Waals surface area contributed by atoms with Crippen LogP contribution in [0.2, 0.25) is 5.02 Å². The van der Waals surface area contributed by atoms with Crippen molar-refractivity contribution in [2.24, 2.45) is 0 Å². The summed E-state index contributed by atoms with van der Waals surface area (Å²) in [7, 11) is 0. The molecule has 84 valence electrons. The van der Waals surface area contributed by atoms with Gasteiger partial charge in [-0.3, -0.25) is 0 Å². The summed E-state index contributed by atoms with van der Waals surface area (Å²) in [6.45, 7) is 2.30. The first-order chi connectivity index (χ1) is 7.65. The third-order valence-electron chi connectivity index (χ3n) is 1.97. The quantitative estimate of drug-likeness (QED) is 0.916. The third kappa shape index (κ3) is 2.62. The number of benzene rings is 1. The van der Waals surface area contributed by atoms with E-state index in [9.17, 15) is 0 Å². The van der Waals surface area contributed by atoms with Gasteiger partial charge in [0, 0.05) is 5.02 Å². The Morgan fingerprint density at radius 1 is 1.44 bits per heavy atom. The van der Waals surface area contributed by atoms with Crippen molar-refractivity contribution in [2.45, 2.75) is 13.5 Å². The van der Waals surface area contributed by atoms with Crippen molar-refractivity contribution in [1.82, 2.24) is 10.2 Å². The Kier molecular flexibility index (Phi) is 3.26. The summed E-state index contributed by atoms with van der Waals surface area (Å²) in [5, 5.41) is 9.50. The van der Waals surface area contributed by atoms with Crippen LogP contribution in [0.1, 0.15) is 10.6 Å². The lowest BCUT2D eigenvalue weighted by Crippen LogP contribution is -1.95. The molecular weight excluding hydrogens is 246 g/mol. The van der Waals surface area contributed by atoms with Gasteiger partial charge in [-0.25, -0.2) is 0 Å². The maximum Gasteiger partial charge on any atom is 0.203 e. The fraction of sp³-hybridized carbons (Fsp3) is 0.200. The van der Waals surface area contributed by atoms with E-state index in [1.807, 2.05) is 19.1 Å². The molecule has 0 unspecified atom stereocenters. The molecule has 0 atom stereocenters. The minimum Gasteiger partial charge on any atom is -0.486 e. The lowest BCUT2D eigenvalue weighted by Gasteiger charge is -2.05. The number of anilines is 1. The zero-order chi connectivity index (χ0) is 11.5. The fourth-order valence-electron chi connectivity index (χ4n) is 1.18. The lowest BCUT2D eigenvalue weighted by atomic mass is 10.2. The SMILES string of the molecule is Cc1cc(OCc2nnc(N)s2)ccc1Cl. The molecule has 6 heteroatoms. The van der Waals surface area contributed by atoms with Crippen molar-refractivity contribution >= 4 is 28.1 Å². The zero-order valence-electron chi connectivity index (χ0n) is 8.61. The Morgan fingerprint density at radius 2 is 2.25 bits per heavy atom. The van der Waals surface area contributed by atoms with Gasteiger partial charge >= 0.3 is 0 Å². The molecule has 0 radical (unpaired) electrons. The van der Waals surface area contributed by atoms with Gasteiger partial charge in [-0.2, -0.15) is 0 Å². The highest BCUT2D eigenvalue weighted by molar-refractivity contribution is 7.15. The third-order valence-corrected chi connectivity index (χ3v) is 3.12. The first-order valence-corrected chi connectivity index (χ1v) is 5.81. The van der Waals surface area contributed by atoms with Crippen LogP contribution in [0.5, 0.6) is 5.75 Å². The normalized spacial score (nSPS) is 10.4. The molecule has 2 aromatic rings. The van der Waals surface area contributed by atoms with Gasteiger partial charge in [0.05, 0.1) is 0 Å². The molecule has 2 rings (SSSR count). The maximum atomic E-state index is 5.91. The van der Waals surface area contributed by atoms with Crippen LogP contribution in [0, 0.1) is 6.92 Å². The highest BCUT2D eigenvalue weighted by atomic mass is 35.5. The summed E-state index contributed by atoms with van der Waals surface area (Å²) in [4.78, 5) is 0. The molecule has 0 aliphatic heterocycles. The minimum absolute atomic E-state index is 0.371. The second-order valence-electron chi connectivity index (χ2n) is 3.23. The molecule has 0 bridgehead atoms. The first-order valence-electron chi connectivity index (χ1n) is 4.62. The lowest BCUT2D eigenvalue weighted by molar-refractivity contribution is 0.304. The van der Waals surface area contributed by atoms with Crippen molar-refractivity contribution in [3.05, 3.63) is 33.8 Å². The van der Waals surface area contributed by atoms with Crippen LogP contribution in [0.15, 0.2) is 18.2 Å². The largest absolute Gasteiger partial charge is 0.486 e. The summed E-state index contributed by atoms with van der Waals surface area (Å²) in [6, 6.07) is 5.51. The summed E-state index contributed by atoms with van der Waals surface area (Å²) in [6.07, 6.45) is 0. The Labute approximate surface area is 102 Å². The number of nitrogen functional groups attached to an aromatic ring is 1. The molecule has 0 fully saturated rings. The van der Waals surface area contributed by atoms with E-state index < -0.39 is 0 Å². The smallest absolute Gasteiger partial charge is 0.203 e. The van der Waals surface area contributed by atoms with Crippen molar-refractivity contribution in [3.63, 3.8) is 0 Å². The van der Waals surface area contributed by atoms with Crippen LogP contribution < -0.4 is 10.5 Å². The van der Waals surface area contributed by atoms with E-state index in [0.29, 0.717) is 11.7 Å². The summed E-state index contributed by atoms with van der Waals surface area (Å²) >= 11 is 7.23. The second-order valence-corrected chi connectivity index (χ2v) is 4.73. The summed E-state index contributed by atoms with van der Waals surface area (Å²) in [5.74, 6) is 0.760. The molecule has 1 heterocycles. The Morgan fingerprint density at radius 3 is 2.88 bits per heavy atom. The van der Waals surface area contributed by atoms with Crippen LogP contribution in [0.4, 0.5) is 5.13 Å². The summed E-state index contributed by atoms with van der Waals surface area (Å²) in [5.41, 5.74) is 6.45. The van der Waals surface area contributed by atoms with E-state index in [2.05, 4.69) is 10.2 Å². The van der Waals surface area contributed by atoms with Crippen molar-refractivity contribution in [2.75, 3.05) is 5.73 Å². The highest BCUT2D eigenvalue weighted by Gasteiger charge is 2.03. The number of nitrogens with two attached hydrogens (primary N) is 1. The Hall–Kier alpha value is -1.33. The van der Waals surface area contributed by atoms with Gasteiger partial charge in [0.25, 0.3) is 0 Å². The van der Waals surface area contributed by atoms with E-state index in [1.165, 1.54) is 11.3 Å². The van der Waals surface area contributed by atoms with Gasteiger partial charge in [-0.1, -0.05) is 22.9 Å². The molecule has 0 saturated heterocycles. The monoisotopic (exact) mass is 255 g/mol. The number of aryl methyl sites for hydroxylation is 1. The highest BCUT2D eigenvalue weighted by Crippen LogP contribution is 2.22. The van der Waals surface area contributed by atoms with E-state index >= 15 is 0 Å². The number of hydrogen-bond donors (Lipinski definition) is 1. The van der Waals surface area contributed by atoms with Gasteiger partial charge in [-0.05, 0) is 30.7 Å². The van der Waals surface area contributed by atoms with Crippen LogP contribution >= 0.6 is 22.9 Å². The van der Waals surface area contributed by atoms with E-state index in [1.54, 1.807) is 6.07 Å². The number of rotatable bonds is 3. The molecule has 1 aromatic carbocycles. The van der Waals surface area contributed by atoms with Gasteiger partial charge in [0.15, 0.2) is 5.01 Å². The average Bonchev–Trinajstić information content (AvgIpc) is 2.66. The Bertz CT molecular complexity index is 501. The molecule has 1 aromatic heterocycles. The van der Waals surface area contributed by atoms with E-state index in [4.69, 9.17) is 22.1 Å². The molecular formula is C10H10ClN3OS. The van der Waals surface area contributed by atoms with Gasteiger partial charge in [-0.15, -0.1) is 10.2 Å². The zero-order valence-corrected chi connectivity index (χ0v) is 10.2. The Balaban J connectivity index is 2.02. The molecule has 4 nitrogen and oxygen atoms in total. The van der Waals surface area contributed by atoms with E-state index in [-0.39, 0.29) is 0 Å². The minimum atomic E-state index is 0.371.